The molecule has 0 aliphatic rings. The SMILES string of the molecule is CC(O)CC(=O)O.O=C(O)CC(O)C(=O)O. The summed E-state index contributed by atoms with van der Waals surface area (Å²) in [5.41, 5.74) is 0. The number of carbonyl (C=O) groups is 3. The molecule has 0 fully saturated rings. The minimum atomic E-state index is -1.79. The molecule has 8 heteroatoms. The van der Waals surface area contributed by atoms with E-state index in [1.54, 1.807) is 0 Å². The third-order valence-electron chi connectivity index (χ3n) is 1.12. The average Bonchev–Trinajstić information content (AvgIpc) is 2.00. The van der Waals surface area contributed by atoms with Crippen molar-refractivity contribution in [1.82, 2.24) is 0 Å². The van der Waals surface area contributed by atoms with E-state index < -0.39 is 36.5 Å². The van der Waals surface area contributed by atoms with Crippen molar-refractivity contribution >= 4 is 17.9 Å². The van der Waals surface area contributed by atoms with Crippen LogP contribution in [0.5, 0.6) is 0 Å². The summed E-state index contributed by atoms with van der Waals surface area (Å²) in [6.07, 6.45) is -3.44. The van der Waals surface area contributed by atoms with Gasteiger partial charge < -0.3 is 25.5 Å². The molecule has 2 unspecified atom stereocenters. The fraction of sp³-hybridized carbons (Fsp3) is 0.625. The number of aliphatic carboxylic acids is 3. The number of aliphatic hydroxyl groups excluding tert-OH is 2. The van der Waals surface area contributed by atoms with E-state index >= 15 is 0 Å². The van der Waals surface area contributed by atoms with Crippen molar-refractivity contribution in [2.75, 3.05) is 0 Å². The van der Waals surface area contributed by atoms with Gasteiger partial charge in [-0.25, -0.2) is 4.79 Å². The zero-order chi connectivity index (χ0) is 13.3. The summed E-state index contributed by atoms with van der Waals surface area (Å²) < 4.78 is 0. The Morgan fingerprint density at radius 3 is 1.38 bits per heavy atom. The molecule has 0 saturated carbocycles. The predicted octanol–water partition coefficient (Wildman–Crippen LogP) is -1.25. The lowest BCUT2D eigenvalue weighted by Gasteiger charge is -1.97. The fourth-order valence-electron chi connectivity index (χ4n) is 0.505. The summed E-state index contributed by atoms with van der Waals surface area (Å²) in [5.74, 6) is -3.81. The van der Waals surface area contributed by atoms with E-state index in [0.717, 1.165) is 0 Å². The second-order valence-electron chi connectivity index (χ2n) is 2.90. The van der Waals surface area contributed by atoms with Crippen molar-refractivity contribution in [3.8, 4) is 0 Å². The Kier molecular flexibility index (Phi) is 9.03. The molecular weight excluding hydrogens is 224 g/mol. The first-order chi connectivity index (χ1) is 7.16. The van der Waals surface area contributed by atoms with E-state index in [-0.39, 0.29) is 6.42 Å². The van der Waals surface area contributed by atoms with E-state index in [4.69, 9.17) is 25.5 Å². The molecule has 16 heavy (non-hydrogen) atoms. The zero-order valence-corrected chi connectivity index (χ0v) is 8.53. The highest BCUT2D eigenvalue weighted by Crippen LogP contribution is 1.89. The van der Waals surface area contributed by atoms with Gasteiger partial charge in [0.1, 0.15) is 0 Å². The number of rotatable bonds is 5. The first kappa shape index (κ1) is 16.7. The van der Waals surface area contributed by atoms with Crippen molar-refractivity contribution in [2.45, 2.75) is 32.0 Å². The van der Waals surface area contributed by atoms with E-state index in [9.17, 15) is 14.4 Å². The predicted molar refractivity (Wildman–Crippen MR) is 49.8 cm³/mol. The van der Waals surface area contributed by atoms with Crippen LogP contribution >= 0.6 is 0 Å². The Bertz CT molecular complexity index is 246. The van der Waals surface area contributed by atoms with Gasteiger partial charge >= 0.3 is 17.9 Å². The van der Waals surface area contributed by atoms with Gasteiger partial charge in [0.15, 0.2) is 6.10 Å². The summed E-state index contributed by atoms with van der Waals surface area (Å²) in [7, 11) is 0. The first-order valence-electron chi connectivity index (χ1n) is 4.19. The maximum atomic E-state index is 9.72. The molecule has 0 aromatic carbocycles. The van der Waals surface area contributed by atoms with Crippen molar-refractivity contribution in [2.24, 2.45) is 0 Å². The molecule has 0 rings (SSSR count). The maximum absolute atomic E-state index is 9.72. The van der Waals surface area contributed by atoms with Gasteiger partial charge in [0.05, 0.1) is 18.9 Å². The lowest BCUT2D eigenvalue weighted by Crippen LogP contribution is -2.22. The van der Waals surface area contributed by atoms with Crippen LogP contribution in [-0.4, -0.2) is 55.6 Å². The second kappa shape index (κ2) is 8.62. The molecule has 0 spiro atoms. The Hall–Kier alpha value is -1.67. The Balaban J connectivity index is 0. The largest absolute Gasteiger partial charge is 0.481 e. The van der Waals surface area contributed by atoms with Gasteiger partial charge in [-0.1, -0.05) is 0 Å². The summed E-state index contributed by atoms with van der Waals surface area (Å²) in [5, 5.41) is 40.4. The monoisotopic (exact) mass is 238 g/mol. The van der Waals surface area contributed by atoms with Crippen molar-refractivity contribution in [3.63, 3.8) is 0 Å². The molecule has 5 N–H and O–H groups in total. The number of hydrogen-bond acceptors (Lipinski definition) is 5. The standard InChI is InChI=1S/C4H6O5.C4H8O3/c5-2(4(8)9)1-3(6)7;1-3(5)2-4(6)7/h2,5H,1H2,(H,6,7)(H,8,9);3,5H,2H2,1H3,(H,6,7). The Morgan fingerprint density at radius 1 is 0.938 bits per heavy atom. The minimum absolute atomic E-state index is 0.167. The van der Waals surface area contributed by atoms with Crippen LogP contribution in [0.2, 0.25) is 0 Å². The number of carboxylic acids is 3. The molecule has 0 aliphatic carbocycles. The Morgan fingerprint density at radius 2 is 1.31 bits per heavy atom. The normalized spacial score (nSPS) is 12.9. The van der Waals surface area contributed by atoms with Gasteiger partial charge in [0.2, 0.25) is 0 Å². The minimum Gasteiger partial charge on any atom is -0.481 e. The maximum Gasteiger partial charge on any atom is 0.333 e. The van der Waals surface area contributed by atoms with Crippen LogP contribution in [-0.2, 0) is 14.4 Å². The third kappa shape index (κ3) is 14.8. The molecule has 0 aromatic rings. The van der Waals surface area contributed by atoms with Gasteiger partial charge in [-0.2, -0.15) is 0 Å². The summed E-state index contributed by atoms with van der Waals surface area (Å²) in [4.78, 5) is 29.1. The fourth-order valence-corrected chi connectivity index (χ4v) is 0.505. The summed E-state index contributed by atoms with van der Waals surface area (Å²) >= 11 is 0. The van der Waals surface area contributed by atoms with Crippen LogP contribution in [0.3, 0.4) is 0 Å². The van der Waals surface area contributed by atoms with Crippen LogP contribution in [0, 0.1) is 0 Å². The van der Waals surface area contributed by atoms with Gasteiger partial charge in [-0.3, -0.25) is 9.59 Å². The molecular formula is C8H14O8. The smallest absolute Gasteiger partial charge is 0.333 e. The molecule has 0 bridgehead atoms. The van der Waals surface area contributed by atoms with Gasteiger partial charge in [0, 0.05) is 0 Å². The number of hydrogen-bond donors (Lipinski definition) is 5. The van der Waals surface area contributed by atoms with Gasteiger partial charge in [-0.15, -0.1) is 0 Å². The zero-order valence-electron chi connectivity index (χ0n) is 8.53. The molecule has 0 heterocycles. The van der Waals surface area contributed by atoms with Crippen molar-refractivity contribution < 1.29 is 39.9 Å². The molecule has 94 valence electrons. The van der Waals surface area contributed by atoms with Crippen LogP contribution in [0.1, 0.15) is 19.8 Å². The summed E-state index contributed by atoms with van der Waals surface area (Å²) in [6.45, 7) is 1.44. The number of carboxylic acid groups (broad SMARTS) is 3. The van der Waals surface area contributed by atoms with Gasteiger partial charge in [-0.05, 0) is 6.92 Å². The lowest BCUT2D eigenvalue weighted by atomic mass is 10.3. The Labute approximate surface area is 90.8 Å². The topological polar surface area (TPSA) is 152 Å². The highest BCUT2D eigenvalue weighted by Gasteiger charge is 2.16. The highest BCUT2D eigenvalue weighted by atomic mass is 16.4. The van der Waals surface area contributed by atoms with Crippen LogP contribution in [0.4, 0.5) is 0 Å². The van der Waals surface area contributed by atoms with E-state index in [1.165, 1.54) is 6.92 Å². The van der Waals surface area contributed by atoms with E-state index in [0.29, 0.717) is 0 Å². The van der Waals surface area contributed by atoms with Crippen molar-refractivity contribution in [1.29, 1.82) is 0 Å². The third-order valence-corrected chi connectivity index (χ3v) is 1.12. The van der Waals surface area contributed by atoms with Crippen molar-refractivity contribution in [3.05, 3.63) is 0 Å². The molecule has 0 amide bonds. The molecule has 0 aliphatic heterocycles. The van der Waals surface area contributed by atoms with Crippen LogP contribution in [0.15, 0.2) is 0 Å². The molecule has 0 saturated heterocycles. The summed E-state index contributed by atoms with van der Waals surface area (Å²) in [6, 6.07) is 0. The van der Waals surface area contributed by atoms with Crippen LogP contribution in [0.25, 0.3) is 0 Å². The van der Waals surface area contributed by atoms with Crippen LogP contribution < -0.4 is 0 Å². The first-order valence-corrected chi connectivity index (χ1v) is 4.19. The molecule has 8 nitrogen and oxygen atoms in total. The lowest BCUT2D eigenvalue weighted by molar-refractivity contribution is -0.152. The molecule has 0 aromatic heterocycles. The van der Waals surface area contributed by atoms with E-state index in [2.05, 4.69) is 0 Å². The van der Waals surface area contributed by atoms with Gasteiger partial charge in [0.25, 0.3) is 0 Å². The van der Waals surface area contributed by atoms with E-state index in [1.807, 2.05) is 0 Å². The quantitative estimate of drug-likeness (QED) is 0.398. The second-order valence-corrected chi connectivity index (χ2v) is 2.90. The molecule has 0 radical (unpaired) electrons. The highest BCUT2D eigenvalue weighted by molar-refractivity contribution is 5.79. The molecule has 2 atom stereocenters. The average molecular weight is 238 g/mol. The number of aliphatic hydroxyl groups is 2.